The first-order chi connectivity index (χ1) is 13.6. The number of rotatable bonds is 3. The average Bonchev–Trinajstić information content (AvgIpc) is 3.22. The molecule has 0 unspecified atom stereocenters. The second kappa shape index (κ2) is 6.30. The van der Waals surface area contributed by atoms with E-state index in [1.54, 1.807) is 12.1 Å². The van der Waals surface area contributed by atoms with Gasteiger partial charge in [0.05, 0.1) is 22.4 Å². The zero-order valence-corrected chi connectivity index (χ0v) is 15.7. The zero-order valence-electron chi connectivity index (χ0n) is 15.7. The summed E-state index contributed by atoms with van der Waals surface area (Å²) in [5.74, 6) is -0.276. The van der Waals surface area contributed by atoms with Crippen LogP contribution in [0.1, 0.15) is 23.1 Å². The molecule has 5 aromatic rings. The van der Waals surface area contributed by atoms with E-state index < -0.39 is 6.17 Å². The predicted molar refractivity (Wildman–Crippen MR) is 109 cm³/mol. The molecule has 4 nitrogen and oxygen atoms in total. The van der Waals surface area contributed by atoms with Crippen molar-refractivity contribution >= 4 is 21.8 Å². The van der Waals surface area contributed by atoms with Crippen LogP contribution in [0.5, 0.6) is 0 Å². The van der Waals surface area contributed by atoms with Gasteiger partial charge in [0, 0.05) is 16.3 Å². The lowest BCUT2D eigenvalue weighted by Gasteiger charge is -2.21. The maximum atomic E-state index is 14.9. The minimum atomic E-state index is -0.529. The van der Waals surface area contributed by atoms with Gasteiger partial charge in [-0.2, -0.15) is 10.2 Å². The summed E-state index contributed by atoms with van der Waals surface area (Å²) in [5.41, 5.74) is 4.25. The van der Waals surface area contributed by atoms with E-state index in [-0.39, 0.29) is 5.82 Å². The van der Waals surface area contributed by atoms with E-state index in [1.165, 1.54) is 6.07 Å². The van der Waals surface area contributed by atoms with Gasteiger partial charge in [-0.1, -0.05) is 54.6 Å². The SMILES string of the molecule is Cc1nn(C(c2ccccc2F)n2nc(C)c3ccccc32)c2ccccc12. The van der Waals surface area contributed by atoms with Gasteiger partial charge in [0.1, 0.15) is 5.82 Å². The Kier molecular flexibility index (Phi) is 3.76. The van der Waals surface area contributed by atoms with Gasteiger partial charge in [-0.15, -0.1) is 0 Å². The van der Waals surface area contributed by atoms with E-state index in [0.29, 0.717) is 5.56 Å². The van der Waals surface area contributed by atoms with Gasteiger partial charge in [0.15, 0.2) is 6.17 Å². The summed E-state index contributed by atoms with van der Waals surface area (Å²) in [5, 5.41) is 11.7. The molecule has 0 atom stereocenters. The van der Waals surface area contributed by atoms with Gasteiger partial charge in [-0.3, -0.25) is 0 Å². The second-order valence-electron chi connectivity index (χ2n) is 6.99. The quantitative estimate of drug-likeness (QED) is 0.435. The Morgan fingerprint density at radius 2 is 1.14 bits per heavy atom. The molecule has 5 heteroatoms. The molecule has 0 aliphatic carbocycles. The Morgan fingerprint density at radius 3 is 1.68 bits per heavy atom. The van der Waals surface area contributed by atoms with Crippen molar-refractivity contribution in [3.63, 3.8) is 0 Å². The summed E-state index contributed by atoms with van der Waals surface area (Å²) >= 11 is 0. The van der Waals surface area contributed by atoms with Crippen LogP contribution in [0.2, 0.25) is 0 Å². The molecule has 28 heavy (non-hydrogen) atoms. The van der Waals surface area contributed by atoms with Crippen LogP contribution in [-0.2, 0) is 0 Å². The van der Waals surface area contributed by atoms with Crippen molar-refractivity contribution in [1.29, 1.82) is 0 Å². The van der Waals surface area contributed by atoms with E-state index >= 15 is 0 Å². The van der Waals surface area contributed by atoms with Crippen molar-refractivity contribution in [3.8, 4) is 0 Å². The lowest BCUT2D eigenvalue weighted by Crippen LogP contribution is -2.23. The molecule has 3 aromatic carbocycles. The summed E-state index contributed by atoms with van der Waals surface area (Å²) in [4.78, 5) is 0. The molecule has 0 spiro atoms. The molecule has 2 aromatic heterocycles. The van der Waals surface area contributed by atoms with Gasteiger partial charge < -0.3 is 0 Å². The number of aromatic nitrogens is 4. The van der Waals surface area contributed by atoms with Crippen LogP contribution in [0.25, 0.3) is 21.8 Å². The average molecular weight is 370 g/mol. The van der Waals surface area contributed by atoms with Gasteiger partial charge in [0.25, 0.3) is 0 Å². The lowest BCUT2D eigenvalue weighted by atomic mass is 10.1. The van der Waals surface area contributed by atoms with Gasteiger partial charge in [-0.05, 0) is 32.0 Å². The van der Waals surface area contributed by atoms with Crippen molar-refractivity contribution in [1.82, 2.24) is 19.6 Å². The monoisotopic (exact) mass is 370 g/mol. The van der Waals surface area contributed by atoms with Crippen LogP contribution in [0.3, 0.4) is 0 Å². The molecule has 0 N–H and O–H groups in total. The van der Waals surface area contributed by atoms with Crippen LogP contribution in [0, 0.1) is 19.7 Å². The molecule has 0 radical (unpaired) electrons. The summed E-state index contributed by atoms with van der Waals surface area (Å²) in [7, 11) is 0. The molecule has 2 heterocycles. The van der Waals surface area contributed by atoms with E-state index in [0.717, 1.165) is 33.2 Å². The standard InChI is InChI=1S/C23H19FN4/c1-15-17-9-4-7-13-21(17)27(25-15)23(19-11-3-6-12-20(19)24)28-22-14-8-5-10-18(22)16(2)26-28/h3-14,23H,1-2H3. The highest BCUT2D eigenvalue weighted by molar-refractivity contribution is 5.83. The molecule has 138 valence electrons. The van der Waals surface area contributed by atoms with Crippen LogP contribution >= 0.6 is 0 Å². The number of hydrogen-bond donors (Lipinski definition) is 0. The first-order valence-corrected chi connectivity index (χ1v) is 9.27. The number of halogens is 1. The molecule has 0 amide bonds. The maximum absolute atomic E-state index is 14.9. The number of fused-ring (bicyclic) bond motifs is 2. The van der Waals surface area contributed by atoms with Crippen LogP contribution in [-0.4, -0.2) is 19.6 Å². The Bertz CT molecular complexity index is 1230. The predicted octanol–water partition coefficient (Wildman–Crippen LogP) is 5.24. The Balaban J connectivity index is 1.87. The Hall–Kier alpha value is -3.47. The third-order valence-corrected chi connectivity index (χ3v) is 5.24. The molecule has 0 bridgehead atoms. The number of aryl methyl sites for hydroxylation is 2. The fourth-order valence-electron chi connectivity index (χ4n) is 3.92. The largest absolute Gasteiger partial charge is 0.235 e. The topological polar surface area (TPSA) is 35.6 Å². The zero-order chi connectivity index (χ0) is 19.3. The van der Waals surface area contributed by atoms with E-state index in [9.17, 15) is 4.39 Å². The molecule has 0 aliphatic heterocycles. The Morgan fingerprint density at radius 1 is 0.679 bits per heavy atom. The third kappa shape index (κ3) is 2.43. The second-order valence-corrected chi connectivity index (χ2v) is 6.99. The molecule has 0 fully saturated rings. The summed E-state index contributed by atoms with van der Waals surface area (Å²) in [6.45, 7) is 3.95. The highest BCUT2D eigenvalue weighted by atomic mass is 19.1. The molecular formula is C23H19FN4. The fraction of sp³-hybridized carbons (Fsp3) is 0.130. The van der Waals surface area contributed by atoms with Crippen molar-refractivity contribution in [2.24, 2.45) is 0 Å². The number of para-hydroxylation sites is 2. The van der Waals surface area contributed by atoms with Crippen molar-refractivity contribution in [3.05, 3.63) is 95.6 Å². The number of nitrogens with zero attached hydrogens (tertiary/aromatic N) is 4. The molecular weight excluding hydrogens is 351 g/mol. The van der Waals surface area contributed by atoms with E-state index in [2.05, 4.69) is 0 Å². The van der Waals surface area contributed by atoms with Crippen molar-refractivity contribution < 1.29 is 4.39 Å². The van der Waals surface area contributed by atoms with Crippen LogP contribution in [0.15, 0.2) is 72.8 Å². The molecule has 0 saturated heterocycles. The van der Waals surface area contributed by atoms with Gasteiger partial charge >= 0.3 is 0 Å². The highest BCUT2D eigenvalue weighted by Gasteiger charge is 2.26. The van der Waals surface area contributed by atoms with E-state index in [4.69, 9.17) is 10.2 Å². The first-order valence-electron chi connectivity index (χ1n) is 9.27. The fourth-order valence-corrected chi connectivity index (χ4v) is 3.92. The molecule has 5 rings (SSSR count). The highest BCUT2D eigenvalue weighted by Crippen LogP contribution is 2.31. The minimum absolute atomic E-state index is 0.276. The summed E-state index contributed by atoms with van der Waals surface area (Å²) < 4.78 is 18.7. The van der Waals surface area contributed by atoms with Crippen LogP contribution < -0.4 is 0 Å². The minimum Gasteiger partial charge on any atom is -0.235 e. The van der Waals surface area contributed by atoms with Crippen LogP contribution in [0.4, 0.5) is 4.39 Å². The van der Waals surface area contributed by atoms with E-state index in [1.807, 2.05) is 77.8 Å². The smallest absolute Gasteiger partial charge is 0.172 e. The summed E-state index contributed by atoms with van der Waals surface area (Å²) in [6.07, 6.45) is -0.529. The molecule has 0 aliphatic rings. The maximum Gasteiger partial charge on any atom is 0.172 e. The number of hydrogen-bond acceptors (Lipinski definition) is 2. The van der Waals surface area contributed by atoms with Gasteiger partial charge in [-0.25, -0.2) is 13.8 Å². The number of benzene rings is 3. The summed E-state index contributed by atoms with van der Waals surface area (Å²) in [6, 6.07) is 22.9. The third-order valence-electron chi connectivity index (χ3n) is 5.24. The normalized spacial score (nSPS) is 11.7. The molecule has 0 saturated carbocycles. The first kappa shape index (κ1) is 16.7. The Labute approximate surface area is 161 Å². The lowest BCUT2D eigenvalue weighted by molar-refractivity contribution is 0.420. The van der Waals surface area contributed by atoms with Crippen molar-refractivity contribution in [2.75, 3.05) is 0 Å². The van der Waals surface area contributed by atoms with Gasteiger partial charge in [0.2, 0.25) is 0 Å². The van der Waals surface area contributed by atoms with Crippen molar-refractivity contribution in [2.45, 2.75) is 20.0 Å².